The quantitative estimate of drug-likeness (QED) is 0.524. The molecule has 0 aromatic heterocycles. The molecule has 3 rings (SSSR count). The minimum atomic E-state index is -0.478. The highest BCUT2D eigenvalue weighted by Gasteiger charge is 2.45. The fourth-order valence-corrected chi connectivity index (χ4v) is 4.96. The van der Waals surface area contributed by atoms with Crippen LogP contribution in [0.3, 0.4) is 0 Å². The number of likely N-dealkylation sites (N-methyl/N-ethyl adjacent to an activating group) is 1. The predicted octanol–water partition coefficient (Wildman–Crippen LogP) is 2.87. The molecule has 3 aliphatic rings. The summed E-state index contributed by atoms with van der Waals surface area (Å²) in [5, 5.41) is 7.17. The van der Waals surface area contributed by atoms with Crippen molar-refractivity contribution in [3.8, 4) is 0 Å². The summed E-state index contributed by atoms with van der Waals surface area (Å²) in [5.41, 5.74) is -0.478. The number of carbonyl (C=O) groups excluding carboxylic acids is 2. The van der Waals surface area contributed by atoms with Crippen LogP contribution in [0.5, 0.6) is 0 Å². The molecule has 8 nitrogen and oxygen atoms in total. The Kier molecular flexibility index (Phi) is 7.70. The third-order valence-electron chi connectivity index (χ3n) is 6.50. The summed E-state index contributed by atoms with van der Waals surface area (Å²) >= 11 is 0. The summed E-state index contributed by atoms with van der Waals surface area (Å²) in [4.78, 5) is 32.9. The summed E-state index contributed by atoms with van der Waals surface area (Å²) in [6.07, 6.45) is 9.65. The van der Waals surface area contributed by atoms with Crippen molar-refractivity contribution >= 4 is 18.0 Å². The van der Waals surface area contributed by atoms with Gasteiger partial charge in [0.1, 0.15) is 12.1 Å². The summed E-state index contributed by atoms with van der Waals surface area (Å²) in [7, 11) is 3.51. The third kappa shape index (κ3) is 6.74. The number of fused-ring (bicyclic) bond motifs is 2. The summed E-state index contributed by atoms with van der Waals surface area (Å²) in [6, 6.07) is 1.05. The van der Waals surface area contributed by atoms with E-state index in [1.807, 2.05) is 25.7 Å². The van der Waals surface area contributed by atoms with E-state index in [0.717, 1.165) is 44.5 Å². The molecule has 1 saturated carbocycles. The van der Waals surface area contributed by atoms with Crippen molar-refractivity contribution in [3.63, 3.8) is 0 Å². The lowest BCUT2D eigenvalue weighted by atomic mass is 9.95. The van der Waals surface area contributed by atoms with E-state index in [4.69, 9.17) is 4.74 Å². The molecule has 31 heavy (non-hydrogen) atoms. The van der Waals surface area contributed by atoms with E-state index >= 15 is 0 Å². The molecule has 1 aliphatic carbocycles. The number of carbonyl (C=O) groups is 2. The van der Waals surface area contributed by atoms with Gasteiger partial charge in [-0.2, -0.15) is 0 Å². The van der Waals surface area contributed by atoms with Crippen LogP contribution in [-0.4, -0.2) is 78.2 Å². The largest absolute Gasteiger partial charge is 0.444 e. The molecule has 3 fully saturated rings. The molecule has 2 unspecified atom stereocenters. The number of guanidine groups is 1. The Morgan fingerprint density at radius 1 is 0.968 bits per heavy atom. The van der Waals surface area contributed by atoms with Crippen molar-refractivity contribution in [2.45, 2.75) is 108 Å². The van der Waals surface area contributed by atoms with Crippen LogP contribution in [0.15, 0.2) is 4.99 Å². The van der Waals surface area contributed by atoms with Gasteiger partial charge in [0.15, 0.2) is 5.96 Å². The zero-order chi connectivity index (χ0) is 22.6. The molecular formula is C23H41N5O3. The lowest BCUT2D eigenvalue weighted by Crippen LogP contribution is -2.56. The molecule has 2 aliphatic heterocycles. The summed E-state index contributed by atoms with van der Waals surface area (Å²) in [5.74, 6) is 0.724. The Morgan fingerprint density at radius 2 is 1.55 bits per heavy atom. The van der Waals surface area contributed by atoms with Crippen molar-refractivity contribution in [2.75, 3.05) is 20.6 Å². The monoisotopic (exact) mass is 435 g/mol. The Hall–Kier alpha value is -1.99. The fourth-order valence-electron chi connectivity index (χ4n) is 4.96. The molecule has 8 heteroatoms. The first kappa shape index (κ1) is 23.7. The second kappa shape index (κ2) is 10.1. The normalized spacial score (nSPS) is 27.1. The van der Waals surface area contributed by atoms with Gasteiger partial charge in [-0.15, -0.1) is 0 Å². The molecule has 0 aromatic carbocycles. The standard InChI is InChI=1S/C23H41N5O3/c1-23(2,3)31-22(30)28-18-11-12-19(28)14-17(13-18)26-21(24-15-20(29)27(4)5)25-16-9-7-6-8-10-16/h16-19H,6-15H2,1-5H3,(H2,24,25,26). The average molecular weight is 436 g/mol. The number of piperidine rings is 1. The SMILES string of the molecule is CN(C)C(=O)CN=C(NC1CCCCC1)NC1CC2CCC(C1)N2C(=O)OC(C)(C)C. The number of ether oxygens (including phenoxy) is 1. The van der Waals surface area contributed by atoms with E-state index in [1.54, 1.807) is 19.0 Å². The van der Waals surface area contributed by atoms with E-state index < -0.39 is 5.60 Å². The summed E-state index contributed by atoms with van der Waals surface area (Å²) in [6.45, 7) is 5.88. The number of rotatable bonds is 4. The predicted molar refractivity (Wildman–Crippen MR) is 122 cm³/mol. The summed E-state index contributed by atoms with van der Waals surface area (Å²) < 4.78 is 5.65. The topological polar surface area (TPSA) is 86.3 Å². The Bertz CT molecular complexity index is 653. The number of nitrogens with zero attached hydrogens (tertiary/aromatic N) is 3. The maximum atomic E-state index is 12.7. The first-order valence-corrected chi connectivity index (χ1v) is 11.9. The van der Waals surface area contributed by atoms with Crippen LogP contribution in [-0.2, 0) is 9.53 Å². The van der Waals surface area contributed by atoms with Gasteiger partial charge in [0.2, 0.25) is 5.91 Å². The molecule has 0 spiro atoms. The zero-order valence-electron chi connectivity index (χ0n) is 19.9. The number of hydrogen-bond acceptors (Lipinski definition) is 4. The molecule has 2 amide bonds. The zero-order valence-corrected chi connectivity index (χ0v) is 19.9. The van der Waals surface area contributed by atoms with E-state index in [-0.39, 0.29) is 36.7 Å². The van der Waals surface area contributed by atoms with Crippen molar-refractivity contribution in [1.29, 1.82) is 0 Å². The number of amides is 2. The second-order valence-electron chi connectivity index (χ2n) is 10.5. The highest BCUT2D eigenvalue weighted by atomic mass is 16.6. The molecule has 2 heterocycles. The fraction of sp³-hybridized carbons (Fsp3) is 0.870. The van der Waals surface area contributed by atoms with E-state index in [2.05, 4.69) is 15.6 Å². The molecule has 2 saturated heterocycles. The van der Waals surface area contributed by atoms with Gasteiger partial charge in [-0.3, -0.25) is 4.79 Å². The van der Waals surface area contributed by atoms with Gasteiger partial charge in [-0.25, -0.2) is 9.79 Å². The minimum absolute atomic E-state index is 0.00967. The molecular weight excluding hydrogens is 394 g/mol. The van der Waals surface area contributed by atoms with Crippen LogP contribution >= 0.6 is 0 Å². The van der Waals surface area contributed by atoms with Gasteiger partial charge in [0.25, 0.3) is 0 Å². The molecule has 2 atom stereocenters. The van der Waals surface area contributed by atoms with Crippen molar-refractivity contribution in [2.24, 2.45) is 4.99 Å². The van der Waals surface area contributed by atoms with Crippen LogP contribution < -0.4 is 10.6 Å². The maximum absolute atomic E-state index is 12.7. The van der Waals surface area contributed by atoms with Crippen LogP contribution in [0, 0.1) is 0 Å². The van der Waals surface area contributed by atoms with Gasteiger partial charge in [0.05, 0.1) is 0 Å². The van der Waals surface area contributed by atoms with Crippen LogP contribution in [0.1, 0.15) is 78.6 Å². The molecule has 176 valence electrons. The highest BCUT2D eigenvalue weighted by Crippen LogP contribution is 2.36. The maximum Gasteiger partial charge on any atom is 0.410 e. The Labute approximate surface area is 187 Å². The van der Waals surface area contributed by atoms with Gasteiger partial charge in [-0.05, 0) is 59.3 Å². The lowest BCUT2D eigenvalue weighted by molar-refractivity contribution is -0.127. The van der Waals surface area contributed by atoms with E-state index in [0.29, 0.717) is 6.04 Å². The highest BCUT2D eigenvalue weighted by molar-refractivity contribution is 5.85. The first-order chi connectivity index (χ1) is 14.6. The minimum Gasteiger partial charge on any atom is -0.444 e. The van der Waals surface area contributed by atoms with Crippen LogP contribution in [0.2, 0.25) is 0 Å². The molecule has 0 aromatic rings. The van der Waals surface area contributed by atoms with Gasteiger partial charge in [0, 0.05) is 38.3 Å². The number of nitrogens with one attached hydrogen (secondary N) is 2. The smallest absolute Gasteiger partial charge is 0.410 e. The molecule has 2 bridgehead atoms. The lowest BCUT2D eigenvalue weighted by Gasteiger charge is -2.40. The van der Waals surface area contributed by atoms with Crippen LogP contribution in [0.4, 0.5) is 4.79 Å². The van der Waals surface area contributed by atoms with Gasteiger partial charge < -0.3 is 25.2 Å². The Balaban J connectivity index is 1.62. The number of aliphatic imine (C=N–C) groups is 1. The van der Waals surface area contributed by atoms with E-state index in [9.17, 15) is 9.59 Å². The first-order valence-electron chi connectivity index (χ1n) is 11.9. The van der Waals surface area contributed by atoms with Crippen molar-refractivity contribution in [3.05, 3.63) is 0 Å². The average Bonchev–Trinajstić information content (AvgIpc) is 2.96. The molecule has 0 radical (unpaired) electrons. The second-order valence-corrected chi connectivity index (χ2v) is 10.5. The van der Waals surface area contributed by atoms with Gasteiger partial charge in [-0.1, -0.05) is 19.3 Å². The van der Waals surface area contributed by atoms with Crippen molar-refractivity contribution in [1.82, 2.24) is 20.4 Å². The van der Waals surface area contributed by atoms with E-state index in [1.165, 1.54) is 19.3 Å². The molecule has 2 N–H and O–H groups in total. The van der Waals surface area contributed by atoms with Crippen molar-refractivity contribution < 1.29 is 14.3 Å². The Morgan fingerprint density at radius 3 is 2.10 bits per heavy atom. The van der Waals surface area contributed by atoms with Gasteiger partial charge >= 0.3 is 6.09 Å². The van der Waals surface area contributed by atoms with Crippen LogP contribution in [0.25, 0.3) is 0 Å². The number of hydrogen-bond donors (Lipinski definition) is 2. The third-order valence-corrected chi connectivity index (χ3v) is 6.50.